The number of methoxy groups -OCH3 is 1. The molecule has 2 aromatic carbocycles. The number of nitrogens with one attached hydrogen (secondary N) is 1. The predicted octanol–water partition coefficient (Wildman–Crippen LogP) is 4.23. The average molecular weight is 390 g/mol. The second-order valence-corrected chi connectivity index (χ2v) is 6.41. The van der Waals surface area contributed by atoms with Gasteiger partial charge in [-0.1, -0.05) is 45.5 Å². The molecule has 0 saturated carbocycles. The largest absolute Gasteiger partial charge is 0.497 e. The molecule has 7 heteroatoms. The lowest BCUT2D eigenvalue weighted by molar-refractivity contribution is 0.102. The van der Waals surface area contributed by atoms with E-state index in [2.05, 4.69) is 31.4 Å². The van der Waals surface area contributed by atoms with Crippen LogP contribution in [0.25, 0.3) is 10.6 Å². The van der Waals surface area contributed by atoms with E-state index >= 15 is 0 Å². The minimum Gasteiger partial charge on any atom is -0.497 e. The number of rotatable bonds is 4. The average Bonchev–Trinajstić information content (AvgIpc) is 3.03. The van der Waals surface area contributed by atoms with E-state index in [1.165, 1.54) is 11.3 Å². The zero-order valence-corrected chi connectivity index (χ0v) is 14.5. The van der Waals surface area contributed by atoms with Gasteiger partial charge in [0.2, 0.25) is 5.13 Å². The topological polar surface area (TPSA) is 64.1 Å². The quantitative estimate of drug-likeness (QED) is 0.724. The highest BCUT2D eigenvalue weighted by molar-refractivity contribution is 9.10. The number of hydrogen-bond acceptors (Lipinski definition) is 5. The van der Waals surface area contributed by atoms with Crippen molar-refractivity contribution in [3.63, 3.8) is 0 Å². The molecule has 1 N–H and O–H groups in total. The summed E-state index contributed by atoms with van der Waals surface area (Å²) in [6.45, 7) is 0. The van der Waals surface area contributed by atoms with Crippen LogP contribution in [0.1, 0.15) is 10.4 Å². The second kappa shape index (κ2) is 6.89. The van der Waals surface area contributed by atoms with Crippen LogP contribution in [0.2, 0.25) is 0 Å². The lowest BCUT2D eigenvalue weighted by atomic mass is 10.2. The Morgan fingerprint density at radius 2 is 1.87 bits per heavy atom. The number of ether oxygens (including phenoxy) is 1. The van der Waals surface area contributed by atoms with Gasteiger partial charge in [0.15, 0.2) is 5.01 Å². The zero-order chi connectivity index (χ0) is 16.2. The molecular formula is C16H12BrN3O2S. The van der Waals surface area contributed by atoms with Crippen LogP contribution in [-0.2, 0) is 0 Å². The molecule has 116 valence electrons. The van der Waals surface area contributed by atoms with E-state index in [1.807, 2.05) is 24.3 Å². The Morgan fingerprint density at radius 3 is 2.57 bits per heavy atom. The van der Waals surface area contributed by atoms with Crippen LogP contribution in [-0.4, -0.2) is 23.2 Å². The van der Waals surface area contributed by atoms with Gasteiger partial charge in [0.25, 0.3) is 5.91 Å². The fourth-order valence-electron chi connectivity index (χ4n) is 1.93. The molecule has 0 aliphatic carbocycles. The van der Waals surface area contributed by atoms with Crippen LogP contribution in [0, 0.1) is 0 Å². The first-order chi connectivity index (χ1) is 11.2. The summed E-state index contributed by atoms with van der Waals surface area (Å²) in [5.74, 6) is 0.469. The summed E-state index contributed by atoms with van der Waals surface area (Å²) in [4.78, 5) is 12.2. The minimum atomic E-state index is -0.234. The Morgan fingerprint density at radius 1 is 1.13 bits per heavy atom. The molecule has 0 bridgehead atoms. The van der Waals surface area contributed by atoms with Gasteiger partial charge < -0.3 is 4.74 Å². The van der Waals surface area contributed by atoms with E-state index in [0.717, 1.165) is 15.0 Å². The highest BCUT2D eigenvalue weighted by atomic mass is 79.9. The van der Waals surface area contributed by atoms with Crippen LogP contribution in [0.3, 0.4) is 0 Å². The highest BCUT2D eigenvalue weighted by Crippen LogP contribution is 2.31. The van der Waals surface area contributed by atoms with Crippen molar-refractivity contribution in [1.82, 2.24) is 10.2 Å². The van der Waals surface area contributed by atoms with Crippen molar-refractivity contribution in [2.75, 3.05) is 12.4 Å². The molecule has 0 atom stereocenters. The number of carbonyl (C=O) groups excluding carboxylic acids is 1. The van der Waals surface area contributed by atoms with Gasteiger partial charge in [-0.05, 0) is 30.3 Å². The molecule has 3 rings (SSSR count). The number of nitrogens with zero attached hydrogens (tertiary/aromatic N) is 2. The number of amides is 1. The maximum Gasteiger partial charge on any atom is 0.257 e. The normalized spacial score (nSPS) is 10.3. The Balaban J connectivity index is 1.76. The smallest absolute Gasteiger partial charge is 0.257 e. The van der Waals surface area contributed by atoms with Crippen molar-refractivity contribution in [3.8, 4) is 16.3 Å². The molecule has 1 amide bonds. The summed E-state index contributed by atoms with van der Waals surface area (Å²) < 4.78 is 6.01. The van der Waals surface area contributed by atoms with Gasteiger partial charge in [-0.2, -0.15) is 0 Å². The molecule has 0 spiro atoms. The summed E-state index contributed by atoms with van der Waals surface area (Å²) in [6, 6.07) is 14.6. The van der Waals surface area contributed by atoms with E-state index in [1.54, 1.807) is 31.4 Å². The Labute approximate surface area is 145 Å². The number of hydrogen-bond donors (Lipinski definition) is 1. The molecular weight excluding hydrogens is 378 g/mol. The van der Waals surface area contributed by atoms with Crippen LogP contribution < -0.4 is 10.1 Å². The molecule has 1 heterocycles. The van der Waals surface area contributed by atoms with Gasteiger partial charge in [0.05, 0.1) is 7.11 Å². The molecule has 0 saturated heterocycles. The molecule has 0 unspecified atom stereocenters. The van der Waals surface area contributed by atoms with Crippen LogP contribution >= 0.6 is 27.3 Å². The summed E-state index contributed by atoms with van der Waals surface area (Å²) >= 11 is 4.80. The fourth-order valence-corrected chi connectivity index (χ4v) is 3.31. The van der Waals surface area contributed by atoms with Crippen molar-refractivity contribution < 1.29 is 9.53 Å². The first kappa shape index (κ1) is 15.6. The number of anilines is 1. The van der Waals surface area contributed by atoms with Crippen LogP contribution in [0.5, 0.6) is 5.75 Å². The molecule has 0 aliphatic rings. The molecule has 1 aromatic heterocycles. The SMILES string of the molecule is COc1ccc(C(=O)Nc2nnc(-c3ccccc3Br)s2)cc1. The lowest BCUT2D eigenvalue weighted by Gasteiger charge is -2.03. The first-order valence-electron chi connectivity index (χ1n) is 6.71. The molecule has 0 radical (unpaired) electrons. The molecule has 5 nitrogen and oxygen atoms in total. The maximum absolute atomic E-state index is 12.2. The van der Waals surface area contributed by atoms with Crippen molar-refractivity contribution in [1.29, 1.82) is 0 Å². The number of carbonyl (C=O) groups is 1. The van der Waals surface area contributed by atoms with Crippen molar-refractivity contribution in [2.24, 2.45) is 0 Å². The van der Waals surface area contributed by atoms with Crippen LogP contribution in [0.4, 0.5) is 5.13 Å². The Kier molecular flexibility index (Phi) is 4.68. The zero-order valence-electron chi connectivity index (χ0n) is 12.1. The number of halogens is 1. The maximum atomic E-state index is 12.2. The minimum absolute atomic E-state index is 0.234. The third-order valence-electron chi connectivity index (χ3n) is 3.10. The first-order valence-corrected chi connectivity index (χ1v) is 8.32. The van der Waals surface area contributed by atoms with E-state index in [4.69, 9.17) is 4.74 Å². The molecule has 23 heavy (non-hydrogen) atoms. The van der Waals surface area contributed by atoms with Gasteiger partial charge in [-0.3, -0.25) is 10.1 Å². The Hall–Kier alpha value is -2.25. The summed E-state index contributed by atoms with van der Waals surface area (Å²) in [5.41, 5.74) is 1.47. The summed E-state index contributed by atoms with van der Waals surface area (Å²) in [7, 11) is 1.58. The molecule has 0 fully saturated rings. The van der Waals surface area contributed by atoms with Crippen molar-refractivity contribution in [3.05, 3.63) is 58.6 Å². The summed E-state index contributed by atoms with van der Waals surface area (Å²) in [6.07, 6.45) is 0. The van der Waals surface area contributed by atoms with Gasteiger partial charge in [-0.15, -0.1) is 10.2 Å². The fraction of sp³-hybridized carbons (Fsp3) is 0.0625. The van der Waals surface area contributed by atoms with Crippen LogP contribution in [0.15, 0.2) is 53.0 Å². The third-order valence-corrected chi connectivity index (χ3v) is 4.67. The number of aromatic nitrogens is 2. The lowest BCUT2D eigenvalue weighted by Crippen LogP contribution is -2.11. The van der Waals surface area contributed by atoms with Gasteiger partial charge in [0.1, 0.15) is 5.75 Å². The molecule has 3 aromatic rings. The highest BCUT2D eigenvalue weighted by Gasteiger charge is 2.12. The van der Waals surface area contributed by atoms with Gasteiger partial charge in [-0.25, -0.2) is 0 Å². The third kappa shape index (κ3) is 3.57. The van der Waals surface area contributed by atoms with E-state index in [0.29, 0.717) is 16.4 Å². The molecule has 0 aliphatic heterocycles. The predicted molar refractivity (Wildman–Crippen MR) is 94.0 cm³/mol. The Bertz CT molecular complexity index is 833. The van der Waals surface area contributed by atoms with E-state index < -0.39 is 0 Å². The standard InChI is InChI=1S/C16H12BrN3O2S/c1-22-11-8-6-10(7-9-11)14(21)18-16-20-19-15(23-16)12-4-2-3-5-13(12)17/h2-9H,1H3,(H,18,20,21). The van der Waals surface area contributed by atoms with Crippen molar-refractivity contribution >= 4 is 38.3 Å². The van der Waals surface area contributed by atoms with Gasteiger partial charge in [0, 0.05) is 15.6 Å². The second-order valence-electron chi connectivity index (χ2n) is 4.57. The van der Waals surface area contributed by atoms with Gasteiger partial charge >= 0.3 is 0 Å². The van der Waals surface area contributed by atoms with E-state index in [-0.39, 0.29) is 5.91 Å². The number of benzene rings is 2. The van der Waals surface area contributed by atoms with E-state index in [9.17, 15) is 4.79 Å². The van der Waals surface area contributed by atoms with Crippen molar-refractivity contribution in [2.45, 2.75) is 0 Å². The monoisotopic (exact) mass is 389 g/mol. The summed E-state index contributed by atoms with van der Waals surface area (Å²) in [5, 5.41) is 12.1.